The van der Waals surface area contributed by atoms with Crippen LogP contribution in [0.4, 0.5) is 5.69 Å². The van der Waals surface area contributed by atoms with E-state index in [0.717, 1.165) is 30.9 Å². The van der Waals surface area contributed by atoms with Crippen LogP contribution in [0, 0.1) is 0 Å². The molecule has 1 aliphatic heterocycles. The van der Waals surface area contributed by atoms with Crippen LogP contribution in [0.15, 0.2) is 41.5 Å². The lowest BCUT2D eigenvalue weighted by molar-refractivity contribution is -0.117. The van der Waals surface area contributed by atoms with Crippen molar-refractivity contribution in [2.24, 2.45) is 12.0 Å². The van der Waals surface area contributed by atoms with Gasteiger partial charge in [-0.05, 0) is 31.0 Å². The molecule has 25 heavy (non-hydrogen) atoms. The molecule has 1 aliphatic rings. The summed E-state index contributed by atoms with van der Waals surface area (Å²) in [6, 6.07) is 9.99. The van der Waals surface area contributed by atoms with Crippen LogP contribution in [0.1, 0.15) is 18.2 Å². The number of aromatic nitrogens is 2. The van der Waals surface area contributed by atoms with Gasteiger partial charge in [0.15, 0.2) is 5.96 Å². The van der Waals surface area contributed by atoms with Crippen LogP contribution in [-0.4, -0.2) is 41.3 Å². The fourth-order valence-electron chi connectivity index (χ4n) is 2.91. The quantitative estimate of drug-likeness (QED) is 0.631. The van der Waals surface area contributed by atoms with Crippen LogP contribution in [0.3, 0.4) is 0 Å². The molecule has 2 heterocycles. The fourth-order valence-corrected chi connectivity index (χ4v) is 2.91. The first-order chi connectivity index (χ1) is 12.2. The van der Waals surface area contributed by atoms with Crippen molar-refractivity contribution >= 4 is 17.6 Å². The molecule has 0 aliphatic carbocycles. The summed E-state index contributed by atoms with van der Waals surface area (Å²) in [7, 11) is 1.89. The van der Waals surface area contributed by atoms with E-state index in [9.17, 15) is 4.79 Å². The Kier molecular flexibility index (Phi) is 5.33. The zero-order chi connectivity index (χ0) is 17.6. The van der Waals surface area contributed by atoms with Crippen molar-refractivity contribution in [2.75, 3.05) is 24.5 Å². The summed E-state index contributed by atoms with van der Waals surface area (Å²) in [6.45, 7) is 4.19. The monoisotopic (exact) mass is 340 g/mol. The molecule has 0 saturated heterocycles. The van der Waals surface area contributed by atoms with E-state index in [4.69, 9.17) is 0 Å². The first-order valence-electron chi connectivity index (χ1n) is 8.56. The van der Waals surface area contributed by atoms with E-state index in [-0.39, 0.29) is 12.5 Å². The molecule has 0 fully saturated rings. The number of benzene rings is 1. The van der Waals surface area contributed by atoms with Crippen LogP contribution in [0.5, 0.6) is 0 Å². The molecule has 0 radical (unpaired) electrons. The molecule has 2 aromatic rings. The molecule has 1 aromatic carbocycles. The first kappa shape index (κ1) is 17.0. The van der Waals surface area contributed by atoms with Crippen molar-refractivity contribution < 1.29 is 4.79 Å². The minimum absolute atomic E-state index is 0.0519. The third-order valence-corrected chi connectivity index (χ3v) is 4.26. The number of hydrogen-bond donors (Lipinski definition) is 2. The van der Waals surface area contributed by atoms with E-state index in [0.29, 0.717) is 12.5 Å². The Hall–Kier alpha value is -2.83. The van der Waals surface area contributed by atoms with Gasteiger partial charge in [-0.15, -0.1) is 0 Å². The Morgan fingerprint density at radius 3 is 2.88 bits per heavy atom. The lowest BCUT2D eigenvalue weighted by Crippen LogP contribution is -2.44. The van der Waals surface area contributed by atoms with Gasteiger partial charge in [-0.3, -0.25) is 9.48 Å². The average molecular weight is 340 g/mol. The Morgan fingerprint density at radius 2 is 2.12 bits per heavy atom. The second kappa shape index (κ2) is 7.83. The number of aliphatic imine (C=N–C) groups is 1. The lowest BCUT2D eigenvalue weighted by atomic mass is 10.2. The summed E-state index contributed by atoms with van der Waals surface area (Å²) in [5.41, 5.74) is 3.26. The number of carbonyl (C=O) groups is 1. The van der Waals surface area contributed by atoms with Crippen molar-refractivity contribution in [1.29, 1.82) is 0 Å². The summed E-state index contributed by atoms with van der Waals surface area (Å²) >= 11 is 0. The molecule has 0 unspecified atom stereocenters. The molecular weight excluding hydrogens is 316 g/mol. The zero-order valence-electron chi connectivity index (χ0n) is 14.7. The molecule has 0 saturated carbocycles. The van der Waals surface area contributed by atoms with Gasteiger partial charge in [-0.25, -0.2) is 4.99 Å². The average Bonchev–Trinajstić information content (AvgIpc) is 3.23. The van der Waals surface area contributed by atoms with Gasteiger partial charge in [0.2, 0.25) is 5.91 Å². The van der Waals surface area contributed by atoms with E-state index >= 15 is 0 Å². The highest BCUT2D eigenvalue weighted by Gasteiger charge is 2.23. The molecule has 2 N–H and O–H groups in total. The van der Waals surface area contributed by atoms with Crippen LogP contribution < -0.4 is 15.5 Å². The van der Waals surface area contributed by atoms with Crippen molar-refractivity contribution in [3.63, 3.8) is 0 Å². The SMILES string of the molecule is CCNC(=NCc1ccnn1C)NCC(=O)N1CCc2ccccc21. The van der Waals surface area contributed by atoms with Crippen LogP contribution >= 0.6 is 0 Å². The Bertz CT molecular complexity index is 766. The normalized spacial score (nSPS) is 13.7. The number of nitrogens with one attached hydrogen (secondary N) is 2. The molecule has 1 aromatic heterocycles. The maximum absolute atomic E-state index is 12.6. The number of anilines is 1. The van der Waals surface area contributed by atoms with Gasteiger partial charge >= 0.3 is 0 Å². The Labute approximate surface area is 147 Å². The zero-order valence-corrected chi connectivity index (χ0v) is 14.7. The number of rotatable bonds is 5. The Balaban J connectivity index is 1.60. The standard InChI is InChI=1S/C18H24N6O/c1-3-19-18(20-12-15-8-10-22-23(15)2)21-13-17(25)24-11-9-14-6-4-5-7-16(14)24/h4-8,10H,3,9,11-13H2,1-2H3,(H2,19,20,21). The molecule has 1 amide bonds. The molecule has 0 bridgehead atoms. The van der Waals surface area contributed by atoms with E-state index < -0.39 is 0 Å². The van der Waals surface area contributed by atoms with E-state index in [1.165, 1.54) is 5.56 Å². The molecule has 0 atom stereocenters. The van der Waals surface area contributed by atoms with Gasteiger partial charge in [0.25, 0.3) is 0 Å². The third-order valence-electron chi connectivity index (χ3n) is 4.26. The number of fused-ring (bicyclic) bond motifs is 1. The summed E-state index contributed by atoms with van der Waals surface area (Å²) in [5, 5.41) is 10.4. The number of carbonyl (C=O) groups excluding carboxylic acids is 1. The van der Waals surface area contributed by atoms with Gasteiger partial charge in [0.05, 0.1) is 18.8 Å². The molecule has 7 heteroatoms. The predicted octanol–water partition coefficient (Wildman–Crippen LogP) is 1.06. The summed E-state index contributed by atoms with van der Waals surface area (Å²) in [5.74, 6) is 0.681. The number of para-hydroxylation sites is 1. The topological polar surface area (TPSA) is 74.5 Å². The van der Waals surface area contributed by atoms with Crippen molar-refractivity contribution in [3.8, 4) is 0 Å². The molecule has 7 nitrogen and oxygen atoms in total. The van der Waals surface area contributed by atoms with Gasteiger partial charge in [0, 0.05) is 32.0 Å². The molecular formula is C18H24N6O. The smallest absolute Gasteiger partial charge is 0.246 e. The summed E-state index contributed by atoms with van der Waals surface area (Å²) in [4.78, 5) is 18.9. The van der Waals surface area contributed by atoms with Gasteiger partial charge < -0.3 is 15.5 Å². The van der Waals surface area contributed by atoms with Crippen molar-refractivity contribution in [3.05, 3.63) is 47.8 Å². The van der Waals surface area contributed by atoms with E-state index in [1.807, 2.05) is 43.1 Å². The highest BCUT2D eigenvalue weighted by Crippen LogP contribution is 2.27. The molecule has 132 valence electrons. The van der Waals surface area contributed by atoms with Crippen LogP contribution in [0.2, 0.25) is 0 Å². The van der Waals surface area contributed by atoms with Crippen molar-refractivity contribution in [1.82, 2.24) is 20.4 Å². The molecule has 3 rings (SSSR count). The third kappa shape index (κ3) is 3.99. The van der Waals surface area contributed by atoms with Gasteiger partial charge in [-0.1, -0.05) is 18.2 Å². The largest absolute Gasteiger partial charge is 0.357 e. The van der Waals surface area contributed by atoms with Crippen molar-refractivity contribution in [2.45, 2.75) is 19.9 Å². The number of guanidine groups is 1. The minimum atomic E-state index is 0.0519. The number of aryl methyl sites for hydroxylation is 1. The van der Waals surface area contributed by atoms with Gasteiger partial charge in [0.1, 0.15) is 0 Å². The highest BCUT2D eigenvalue weighted by molar-refractivity contribution is 5.98. The van der Waals surface area contributed by atoms with E-state index in [1.54, 1.807) is 10.9 Å². The van der Waals surface area contributed by atoms with E-state index in [2.05, 4.69) is 26.8 Å². The van der Waals surface area contributed by atoms with Crippen LogP contribution in [0.25, 0.3) is 0 Å². The second-order valence-corrected chi connectivity index (χ2v) is 5.92. The highest BCUT2D eigenvalue weighted by atomic mass is 16.2. The van der Waals surface area contributed by atoms with Crippen LogP contribution in [-0.2, 0) is 24.8 Å². The number of nitrogens with zero attached hydrogens (tertiary/aromatic N) is 4. The summed E-state index contributed by atoms with van der Waals surface area (Å²) in [6.07, 6.45) is 2.66. The second-order valence-electron chi connectivity index (χ2n) is 5.92. The maximum Gasteiger partial charge on any atom is 0.246 e. The predicted molar refractivity (Wildman–Crippen MR) is 98.5 cm³/mol. The first-order valence-corrected chi connectivity index (χ1v) is 8.56. The minimum Gasteiger partial charge on any atom is -0.357 e. The maximum atomic E-state index is 12.6. The Morgan fingerprint density at radius 1 is 1.28 bits per heavy atom. The lowest BCUT2D eigenvalue weighted by Gasteiger charge is -2.18. The number of amides is 1. The molecule has 0 spiro atoms. The fraction of sp³-hybridized carbons (Fsp3) is 0.389. The number of hydrogen-bond acceptors (Lipinski definition) is 3. The van der Waals surface area contributed by atoms with Gasteiger partial charge in [-0.2, -0.15) is 5.10 Å². The summed E-state index contributed by atoms with van der Waals surface area (Å²) < 4.78 is 1.79.